The smallest absolute Gasteiger partial charge is 0.154 e. The molecule has 80 valence electrons. The van der Waals surface area contributed by atoms with Crippen LogP contribution in [-0.4, -0.2) is 14.7 Å². The maximum absolute atomic E-state index is 9.42. The van der Waals surface area contributed by atoms with Crippen LogP contribution in [0.4, 0.5) is 0 Å². The number of nitrogens with zero attached hydrogens (tertiary/aromatic N) is 3. The van der Waals surface area contributed by atoms with Gasteiger partial charge in [0, 0.05) is 7.05 Å². The number of aliphatic hydroxyl groups is 1. The van der Waals surface area contributed by atoms with E-state index in [1.807, 2.05) is 37.4 Å². The predicted octanol–water partition coefficient (Wildman–Crippen LogP) is 2.39. The van der Waals surface area contributed by atoms with Gasteiger partial charge in [0.2, 0.25) is 0 Å². The fourth-order valence-electron chi connectivity index (χ4n) is 1.66. The highest BCUT2D eigenvalue weighted by Gasteiger charge is 2.13. The third kappa shape index (κ3) is 1.43. The fraction of sp³-hybridized carbons (Fsp3) is 0.167. The largest absolute Gasteiger partial charge is 0.511 e. The summed E-state index contributed by atoms with van der Waals surface area (Å²) in [6.45, 7) is 1.48. The maximum atomic E-state index is 9.42. The van der Waals surface area contributed by atoms with Crippen molar-refractivity contribution < 1.29 is 5.11 Å². The van der Waals surface area contributed by atoms with Gasteiger partial charge in [-0.1, -0.05) is 12.1 Å². The topological polar surface area (TPSA) is 61.8 Å². The molecule has 0 amide bonds. The van der Waals surface area contributed by atoms with Crippen LogP contribution in [0.3, 0.4) is 0 Å². The Labute approximate surface area is 93.1 Å². The van der Waals surface area contributed by atoms with Crippen molar-refractivity contribution in [2.45, 2.75) is 6.92 Å². The standard InChI is InChI=1S/C12H11N3O/c1-8(16)9(7-13)12-14-10-5-3-4-6-11(10)15(12)2/h3-6,16H,1-2H3/b9-8-. The number of nitriles is 1. The van der Waals surface area contributed by atoms with Gasteiger partial charge in [0.05, 0.1) is 11.0 Å². The number of rotatable bonds is 1. The van der Waals surface area contributed by atoms with E-state index in [0.717, 1.165) is 11.0 Å². The summed E-state index contributed by atoms with van der Waals surface area (Å²) in [6, 6.07) is 9.57. The van der Waals surface area contributed by atoms with E-state index in [2.05, 4.69) is 4.98 Å². The minimum Gasteiger partial charge on any atom is -0.511 e. The highest BCUT2D eigenvalue weighted by molar-refractivity contribution is 5.83. The summed E-state index contributed by atoms with van der Waals surface area (Å²) in [5.41, 5.74) is 1.96. The average Bonchev–Trinajstić information content (AvgIpc) is 2.58. The quantitative estimate of drug-likeness (QED) is 0.584. The van der Waals surface area contributed by atoms with Crippen molar-refractivity contribution in [3.05, 3.63) is 35.8 Å². The van der Waals surface area contributed by atoms with Crippen molar-refractivity contribution in [2.24, 2.45) is 7.05 Å². The van der Waals surface area contributed by atoms with Crippen LogP contribution in [-0.2, 0) is 7.05 Å². The minimum atomic E-state index is -0.0130. The third-order valence-electron chi connectivity index (χ3n) is 2.48. The fourth-order valence-corrected chi connectivity index (χ4v) is 1.66. The second-order valence-corrected chi connectivity index (χ2v) is 3.56. The first-order valence-corrected chi connectivity index (χ1v) is 4.87. The van der Waals surface area contributed by atoms with Gasteiger partial charge in [-0.25, -0.2) is 4.98 Å². The summed E-state index contributed by atoms with van der Waals surface area (Å²) in [5.74, 6) is 0.476. The van der Waals surface area contributed by atoms with Gasteiger partial charge >= 0.3 is 0 Å². The molecule has 0 aliphatic carbocycles. The monoisotopic (exact) mass is 213 g/mol. The molecule has 0 bridgehead atoms. The van der Waals surface area contributed by atoms with Gasteiger partial charge in [0.25, 0.3) is 0 Å². The van der Waals surface area contributed by atoms with Crippen molar-refractivity contribution in [1.29, 1.82) is 5.26 Å². The highest BCUT2D eigenvalue weighted by Crippen LogP contribution is 2.21. The van der Waals surface area contributed by atoms with Crippen molar-refractivity contribution >= 4 is 16.6 Å². The van der Waals surface area contributed by atoms with Gasteiger partial charge < -0.3 is 9.67 Å². The molecule has 0 atom stereocenters. The summed E-state index contributed by atoms with van der Waals surface area (Å²) >= 11 is 0. The Bertz CT molecular complexity index is 613. The number of imidazole rings is 1. The van der Waals surface area contributed by atoms with E-state index < -0.39 is 0 Å². The number of aliphatic hydroxyl groups excluding tert-OH is 1. The summed E-state index contributed by atoms with van der Waals surface area (Å²) in [5, 5.41) is 18.4. The van der Waals surface area contributed by atoms with E-state index in [0.29, 0.717) is 5.82 Å². The maximum Gasteiger partial charge on any atom is 0.154 e. The zero-order valence-corrected chi connectivity index (χ0v) is 9.10. The molecule has 1 heterocycles. The van der Waals surface area contributed by atoms with Gasteiger partial charge in [-0.15, -0.1) is 0 Å². The molecule has 1 N–H and O–H groups in total. The van der Waals surface area contributed by atoms with Gasteiger partial charge in [0.1, 0.15) is 17.4 Å². The molecule has 2 aromatic rings. The van der Waals surface area contributed by atoms with Crippen LogP contribution in [0.5, 0.6) is 0 Å². The SMILES string of the molecule is C/C(O)=C(\C#N)c1nc2ccccc2n1C. The average molecular weight is 213 g/mol. The summed E-state index contributed by atoms with van der Waals surface area (Å²) in [6.07, 6.45) is 0. The molecule has 0 fully saturated rings. The van der Waals surface area contributed by atoms with Crippen LogP contribution in [0, 0.1) is 11.3 Å². The van der Waals surface area contributed by atoms with E-state index in [4.69, 9.17) is 5.26 Å². The lowest BCUT2D eigenvalue weighted by Gasteiger charge is -2.00. The summed E-state index contributed by atoms with van der Waals surface area (Å²) in [4.78, 5) is 4.33. The Morgan fingerprint density at radius 1 is 1.44 bits per heavy atom. The van der Waals surface area contributed by atoms with E-state index in [1.165, 1.54) is 6.92 Å². The molecule has 4 heteroatoms. The summed E-state index contributed by atoms with van der Waals surface area (Å²) in [7, 11) is 1.82. The molecule has 0 spiro atoms. The number of benzene rings is 1. The molecule has 1 aromatic heterocycles. The van der Waals surface area contributed by atoms with Crippen molar-refractivity contribution in [2.75, 3.05) is 0 Å². The lowest BCUT2D eigenvalue weighted by molar-refractivity contribution is 0.417. The van der Waals surface area contributed by atoms with Crippen LogP contribution in [0.1, 0.15) is 12.7 Å². The van der Waals surface area contributed by atoms with Crippen LogP contribution >= 0.6 is 0 Å². The first-order chi connectivity index (χ1) is 7.65. The number of allylic oxidation sites excluding steroid dienone is 2. The number of hydrogen-bond donors (Lipinski definition) is 1. The Morgan fingerprint density at radius 2 is 2.12 bits per heavy atom. The van der Waals surface area contributed by atoms with E-state index in [9.17, 15) is 5.11 Å². The number of para-hydroxylation sites is 2. The van der Waals surface area contributed by atoms with Crippen molar-refractivity contribution in [3.8, 4) is 6.07 Å². The van der Waals surface area contributed by atoms with E-state index in [-0.39, 0.29) is 11.3 Å². The molecule has 0 aliphatic rings. The van der Waals surface area contributed by atoms with Crippen LogP contribution in [0.15, 0.2) is 30.0 Å². The van der Waals surface area contributed by atoms with Crippen LogP contribution in [0.25, 0.3) is 16.6 Å². The molecular formula is C12H11N3O. The minimum absolute atomic E-state index is 0.0130. The molecule has 0 aliphatic heterocycles. The van der Waals surface area contributed by atoms with Gasteiger partial charge in [-0.05, 0) is 19.1 Å². The van der Waals surface area contributed by atoms with Crippen LogP contribution in [0.2, 0.25) is 0 Å². The van der Waals surface area contributed by atoms with Gasteiger partial charge in [-0.3, -0.25) is 0 Å². The van der Waals surface area contributed by atoms with Crippen molar-refractivity contribution in [1.82, 2.24) is 9.55 Å². The molecule has 0 saturated heterocycles. The lowest BCUT2D eigenvalue weighted by Crippen LogP contribution is -1.97. The molecule has 0 unspecified atom stereocenters. The molecular weight excluding hydrogens is 202 g/mol. The van der Waals surface area contributed by atoms with E-state index >= 15 is 0 Å². The highest BCUT2D eigenvalue weighted by atomic mass is 16.3. The Hall–Kier alpha value is -2.28. The predicted molar refractivity (Wildman–Crippen MR) is 61.5 cm³/mol. The number of fused-ring (bicyclic) bond motifs is 1. The van der Waals surface area contributed by atoms with E-state index in [1.54, 1.807) is 4.57 Å². The zero-order valence-electron chi connectivity index (χ0n) is 9.10. The van der Waals surface area contributed by atoms with Gasteiger partial charge in [-0.2, -0.15) is 5.26 Å². The molecule has 1 aromatic carbocycles. The first kappa shape index (κ1) is 10.2. The number of aryl methyl sites for hydroxylation is 1. The third-order valence-corrected chi connectivity index (χ3v) is 2.48. The normalized spacial score (nSPS) is 12.3. The van der Waals surface area contributed by atoms with Crippen molar-refractivity contribution in [3.63, 3.8) is 0 Å². The molecule has 0 saturated carbocycles. The molecule has 16 heavy (non-hydrogen) atoms. The Kier molecular flexibility index (Phi) is 2.37. The zero-order chi connectivity index (χ0) is 11.7. The Balaban J connectivity index is 2.77. The lowest BCUT2D eigenvalue weighted by atomic mass is 10.2. The second-order valence-electron chi connectivity index (χ2n) is 3.56. The number of aromatic nitrogens is 2. The van der Waals surface area contributed by atoms with Crippen LogP contribution < -0.4 is 0 Å². The molecule has 2 rings (SSSR count). The number of hydrogen-bond acceptors (Lipinski definition) is 3. The Morgan fingerprint density at radius 3 is 2.69 bits per heavy atom. The molecule has 4 nitrogen and oxygen atoms in total. The molecule has 0 radical (unpaired) electrons. The first-order valence-electron chi connectivity index (χ1n) is 4.87. The summed E-state index contributed by atoms with van der Waals surface area (Å²) < 4.78 is 1.80. The second kappa shape index (κ2) is 3.70. The van der Waals surface area contributed by atoms with Gasteiger partial charge in [0.15, 0.2) is 5.82 Å².